The maximum atomic E-state index is 14.0. The van der Waals surface area contributed by atoms with Gasteiger partial charge in [-0.15, -0.1) is 34.4 Å². The fraction of sp³-hybridized carbons (Fsp3) is 0.143. The Labute approximate surface area is 231 Å². The number of hydrogen-bond acceptors (Lipinski definition) is 8. The second-order valence-electron chi connectivity index (χ2n) is 8.85. The normalized spacial score (nSPS) is 14.7. The number of anilines is 3. The molecule has 0 aliphatic carbocycles. The number of aromatic nitrogens is 2. The maximum Gasteiger partial charge on any atom is 0.244 e. The van der Waals surface area contributed by atoms with Crippen LogP contribution < -0.4 is 16.0 Å². The molecule has 5 aromatic rings. The third-order valence-electron chi connectivity index (χ3n) is 6.44. The number of carbonyl (C=O) groups excluding carboxylic acids is 2. The number of rotatable bonds is 6. The first kappa shape index (κ1) is 24.6. The molecular weight excluding hydrogens is 535 g/mol. The standard InChI is InChI=1S/C28H23N5O2S3/c29-28-32-23(15-37-28)17-5-7-18(8-6-17)31-26(34)14-33(19-9-10-25-22(13-19)30-16-38-25)27(35)21-11-12-36-24-4-2-1-3-20(21)24/h1-10,13,15-16,21H,11-12,14H2,(H2,29,32)(H,31,34). The molecule has 0 saturated carbocycles. The van der Waals surface area contributed by atoms with E-state index >= 15 is 0 Å². The van der Waals surface area contributed by atoms with E-state index in [4.69, 9.17) is 5.73 Å². The minimum atomic E-state index is -0.309. The van der Waals surface area contributed by atoms with Crippen LogP contribution in [0.15, 0.2) is 82.5 Å². The SMILES string of the molecule is Nc1nc(-c2ccc(NC(=O)CN(C(=O)C3CCSc4ccccc43)c3ccc4scnc4c3)cc2)cs1. The Bertz CT molecular complexity index is 1630. The number of carbonyl (C=O) groups is 2. The van der Waals surface area contributed by atoms with E-state index in [9.17, 15) is 9.59 Å². The number of thioether (sulfide) groups is 1. The first-order valence-electron chi connectivity index (χ1n) is 12.0. The molecule has 1 unspecified atom stereocenters. The van der Waals surface area contributed by atoms with Crippen molar-refractivity contribution >= 4 is 73.0 Å². The summed E-state index contributed by atoms with van der Waals surface area (Å²) in [6, 6.07) is 21.2. The molecule has 1 atom stereocenters. The van der Waals surface area contributed by atoms with Crippen LogP contribution in [-0.2, 0) is 9.59 Å². The highest BCUT2D eigenvalue weighted by molar-refractivity contribution is 7.99. The Kier molecular flexibility index (Phi) is 6.84. The summed E-state index contributed by atoms with van der Waals surface area (Å²) in [4.78, 5) is 38.7. The lowest BCUT2D eigenvalue weighted by atomic mass is 9.94. The number of nitrogens with one attached hydrogen (secondary N) is 1. The number of benzene rings is 3. The molecule has 6 rings (SSSR count). The van der Waals surface area contributed by atoms with Crippen LogP contribution in [-0.4, -0.2) is 34.1 Å². The van der Waals surface area contributed by atoms with E-state index in [1.165, 1.54) is 11.3 Å². The molecule has 10 heteroatoms. The summed E-state index contributed by atoms with van der Waals surface area (Å²) in [5.74, 6) is 0.186. The number of nitrogens with two attached hydrogens (primary N) is 1. The van der Waals surface area contributed by atoms with Gasteiger partial charge in [-0.3, -0.25) is 9.59 Å². The van der Waals surface area contributed by atoms with E-state index in [1.54, 1.807) is 33.5 Å². The van der Waals surface area contributed by atoms with Crippen molar-refractivity contribution in [1.29, 1.82) is 0 Å². The van der Waals surface area contributed by atoms with E-state index in [0.717, 1.165) is 44.1 Å². The molecule has 0 spiro atoms. The first-order chi connectivity index (χ1) is 18.5. The van der Waals surface area contributed by atoms with Crippen molar-refractivity contribution in [2.75, 3.05) is 28.2 Å². The number of nitrogens with zero attached hydrogens (tertiary/aromatic N) is 3. The zero-order valence-electron chi connectivity index (χ0n) is 20.2. The lowest BCUT2D eigenvalue weighted by molar-refractivity contribution is -0.122. The molecule has 0 bridgehead atoms. The topological polar surface area (TPSA) is 101 Å². The zero-order valence-corrected chi connectivity index (χ0v) is 22.6. The second kappa shape index (κ2) is 10.6. The minimum Gasteiger partial charge on any atom is -0.375 e. The Hall–Kier alpha value is -3.73. The Morgan fingerprint density at radius 3 is 2.71 bits per heavy atom. The zero-order chi connectivity index (χ0) is 26.1. The summed E-state index contributed by atoms with van der Waals surface area (Å²) < 4.78 is 1.03. The van der Waals surface area contributed by atoms with E-state index in [0.29, 0.717) is 16.5 Å². The third kappa shape index (κ3) is 5.02. The first-order valence-corrected chi connectivity index (χ1v) is 14.8. The quantitative estimate of drug-likeness (QED) is 0.256. The highest BCUT2D eigenvalue weighted by atomic mass is 32.2. The van der Waals surface area contributed by atoms with Crippen molar-refractivity contribution in [3.63, 3.8) is 0 Å². The summed E-state index contributed by atoms with van der Waals surface area (Å²) in [6.07, 6.45) is 0.722. The summed E-state index contributed by atoms with van der Waals surface area (Å²) >= 11 is 4.70. The summed E-state index contributed by atoms with van der Waals surface area (Å²) in [5.41, 5.74) is 12.4. The average molecular weight is 558 g/mol. The van der Waals surface area contributed by atoms with E-state index < -0.39 is 0 Å². The Morgan fingerprint density at radius 2 is 1.89 bits per heavy atom. The monoisotopic (exact) mass is 557 g/mol. The van der Waals surface area contributed by atoms with Crippen LogP contribution in [0.1, 0.15) is 17.9 Å². The molecule has 0 saturated heterocycles. The van der Waals surface area contributed by atoms with Gasteiger partial charge in [-0.2, -0.15) is 0 Å². The minimum absolute atomic E-state index is 0.0843. The van der Waals surface area contributed by atoms with Gasteiger partial charge >= 0.3 is 0 Å². The van der Waals surface area contributed by atoms with Crippen LogP contribution in [0.2, 0.25) is 0 Å². The van der Waals surface area contributed by atoms with Crippen molar-refractivity contribution in [2.24, 2.45) is 0 Å². The fourth-order valence-electron chi connectivity index (χ4n) is 4.59. The Morgan fingerprint density at radius 1 is 1.05 bits per heavy atom. The predicted octanol–water partition coefficient (Wildman–Crippen LogP) is 6.25. The van der Waals surface area contributed by atoms with Crippen LogP contribution in [0.5, 0.6) is 0 Å². The van der Waals surface area contributed by atoms with Gasteiger partial charge in [-0.1, -0.05) is 30.3 Å². The average Bonchev–Trinajstić information content (AvgIpc) is 3.60. The number of nitrogen functional groups attached to an aromatic ring is 1. The van der Waals surface area contributed by atoms with Crippen molar-refractivity contribution < 1.29 is 9.59 Å². The molecule has 3 N–H and O–H groups in total. The molecule has 190 valence electrons. The van der Waals surface area contributed by atoms with Gasteiger partial charge in [0, 0.05) is 27.2 Å². The molecule has 3 aromatic carbocycles. The van der Waals surface area contributed by atoms with Gasteiger partial charge in [-0.25, -0.2) is 9.97 Å². The molecule has 1 aliphatic rings. The highest BCUT2D eigenvalue weighted by Gasteiger charge is 2.32. The summed E-state index contributed by atoms with van der Waals surface area (Å²) in [7, 11) is 0. The lowest BCUT2D eigenvalue weighted by Gasteiger charge is -2.30. The van der Waals surface area contributed by atoms with Crippen LogP contribution >= 0.6 is 34.4 Å². The van der Waals surface area contributed by atoms with Gasteiger partial charge in [0.2, 0.25) is 11.8 Å². The third-order valence-corrected chi connectivity index (χ3v) is 9.04. The van der Waals surface area contributed by atoms with Crippen molar-refractivity contribution in [1.82, 2.24) is 9.97 Å². The van der Waals surface area contributed by atoms with Gasteiger partial charge in [0.15, 0.2) is 5.13 Å². The number of amides is 2. The largest absolute Gasteiger partial charge is 0.375 e. The van der Waals surface area contributed by atoms with Gasteiger partial charge in [0.05, 0.1) is 27.3 Å². The molecule has 2 aromatic heterocycles. The number of fused-ring (bicyclic) bond motifs is 2. The second-order valence-corrected chi connectivity index (χ2v) is 11.8. The number of thiazole rings is 2. The predicted molar refractivity (Wildman–Crippen MR) is 157 cm³/mol. The maximum absolute atomic E-state index is 14.0. The van der Waals surface area contributed by atoms with Crippen molar-refractivity contribution in [3.8, 4) is 11.3 Å². The molecule has 0 radical (unpaired) electrons. The lowest BCUT2D eigenvalue weighted by Crippen LogP contribution is -2.41. The molecule has 3 heterocycles. The molecule has 7 nitrogen and oxygen atoms in total. The molecule has 0 fully saturated rings. The van der Waals surface area contributed by atoms with E-state index in [2.05, 4.69) is 21.4 Å². The molecule has 1 aliphatic heterocycles. The van der Waals surface area contributed by atoms with Gasteiger partial charge in [-0.05, 0) is 54.1 Å². The molecule has 2 amide bonds. The van der Waals surface area contributed by atoms with Crippen molar-refractivity contribution in [3.05, 3.63) is 83.2 Å². The van der Waals surface area contributed by atoms with Crippen LogP contribution in [0, 0.1) is 0 Å². The van der Waals surface area contributed by atoms with Gasteiger partial charge in [0.1, 0.15) is 6.54 Å². The molecular formula is C28H23N5O2S3. The summed E-state index contributed by atoms with van der Waals surface area (Å²) in [5, 5.41) is 5.35. The van der Waals surface area contributed by atoms with Gasteiger partial charge < -0.3 is 16.0 Å². The van der Waals surface area contributed by atoms with E-state index in [1.807, 2.05) is 66.0 Å². The van der Waals surface area contributed by atoms with Gasteiger partial charge in [0.25, 0.3) is 0 Å². The number of hydrogen-bond donors (Lipinski definition) is 2. The van der Waals surface area contributed by atoms with Crippen molar-refractivity contribution in [2.45, 2.75) is 17.2 Å². The van der Waals surface area contributed by atoms with Crippen LogP contribution in [0.25, 0.3) is 21.5 Å². The van der Waals surface area contributed by atoms with Crippen LogP contribution in [0.4, 0.5) is 16.5 Å². The van der Waals surface area contributed by atoms with E-state index in [-0.39, 0.29) is 24.3 Å². The highest BCUT2D eigenvalue weighted by Crippen LogP contribution is 2.39. The Balaban J connectivity index is 1.26. The summed E-state index contributed by atoms with van der Waals surface area (Å²) in [6.45, 7) is -0.106. The van der Waals surface area contributed by atoms with Crippen LogP contribution in [0.3, 0.4) is 0 Å². The fourth-order valence-corrected chi connectivity index (χ4v) is 6.94. The molecule has 38 heavy (non-hydrogen) atoms. The smallest absolute Gasteiger partial charge is 0.244 e.